The molecule has 11 rings (SSSR count). The Morgan fingerprint density at radius 3 is 2.02 bits per heavy atom. The van der Waals surface area contributed by atoms with E-state index >= 15 is 0 Å². The van der Waals surface area contributed by atoms with Gasteiger partial charge in [-0.3, -0.25) is 0 Å². The zero-order chi connectivity index (χ0) is 38.6. The molecule has 0 saturated heterocycles. The van der Waals surface area contributed by atoms with Gasteiger partial charge in [0.05, 0.1) is 5.92 Å². The highest BCUT2D eigenvalue weighted by molar-refractivity contribution is 6.23. The Balaban J connectivity index is 0.985. The summed E-state index contributed by atoms with van der Waals surface area (Å²) in [5.74, 6) is 1.05. The summed E-state index contributed by atoms with van der Waals surface area (Å²) in [6, 6.07) is 69.7. The van der Waals surface area contributed by atoms with E-state index in [0.29, 0.717) is 0 Å². The minimum atomic E-state index is -0.431. The highest BCUT2D eigenvalue weighted by Crippen LogP contribution is 2.50. The number of nitrogens with one attached hydrogen (secondary N) is 1. The van der Waals surface area contributed by atoms with E-state index in [4.69, 9.17) is 4.74 Å². The predicted molar refractivity (Wildman–Crippen MR) is 244 cm³/mol. The maximum Gasteiger partial charge on any atom is 0.135 e. The van der Waals surface area contributed by atoms with Crippen LogP contribution < -0.4 is 15.0 Å². The number of benzene rings is 9. The Labute approximate surface area is 338 Å². The number of anilines is 4. The fourth-order valence-corrected chi connectivity index (χ4v) is 9.11. The summed E-state index contributed by atoms with van der Waals surface area (Å²) < 4.78 is 6.52. The topological polar surface area (TPSA) is 24.5 Å². The van der Waals surface area contributed by atoms with Gasteiger partial charge in [-0.15, -0.1) is 0 Å². The zero-order valence-electron chi connectivity index (χ0n) is 32.1. The van der Waals surface area contributed by atoms with Crippen LogP contribution in [-0.4, -0.2) is 5.60 Å². The molecule has 3 nitrogen and oxygen atoms in total. The van der Waals surface area contributed by atoms with E-state index in [0.717, 1.165) is 34.2 Å². The highest BCUT2D eigenvalue weighted by Gasteiger charge is 2.44. The smallest absolute Gasteiger partial charge is 0.135 e. The molecule has 2 aliphatic rings. The predicted octanol–water partition coefficient (Wildman–Crippen LogP) is 14.8. The van der Waals surface area contributed by atoms with Gasteiger partial charge in [-0.25, -0.2) is 0 Å². The molecule has 0 aromatic heterocycles. The van der Waals surface area contributed by atoms with Crippen LogP contribution in [0.2, 0.25) is 0 Å². The summed E-state index contributed by atoms with van der Waals surface area (Å²) in [7, 11) is 0. The van der Waals surface area contributed by atoms with Gasteiger partial charge in [0.15, 0.2) is 0 Å². The van der Waals surface area contributed by atoms with E-state index in [1.165, 1.54) is 60.1 Å². The van der Waals surface area contributed by atoms with Crippen molar-refractivity contribution in [3.63, 3.8) is 0 Å². The molecule has 1 aliphatic heterocycles. The average molecular weight is 745 g/mol. The second-order valence-electron chi connectivity index (χ2n) is 15.5. The van der Waals surface area contributed by atoms with Gasteiger partial charge >= 0.3 is 0 Å². The number of ether oxygens (including phenoxy) is 1. The molecule has 0 fully saturated rings. The van der Waals surface area contributed by atoms with Crippen molar-refractivity contribution < 1.29 is 4.74 Å². The lowest BCUT2D eigenvalue weighted by molar-refractivity contribution is 0.155. The summed E-state index contributed by atoms with van der Waals surface area (Å²) in [6.07, 6.45) is 6.81. The lowest BCUT2D eigenvalue weighted by atomic mass is 9.81. The van der Waals surface area contributed by atoms with Gasteiger partial charge in [0.1, 0.15) is 11.4 Å². The van der Waals surface area contributed by atoms with Crippen LogP contribution >= 0.6 is 0 Å². The molecular formula is C55H40N2O. The molecular weight excluding hydrogens is 705 g/mol. The Hall–Kier alpha value is -7.36. The van der Waals surface area contributed by atoms with Gasteiger partial charge in [-0.05, 0) is 129 Å². The minimum Gasteiger partial charge on any atom is -0.482 e. The number of nitrogens with zero attached hydrogens (tertiary/aromatic N) is 1. The third-order valence-corrected chi connectivity index (χ3v) is 12.0. The van der Waals surface area contributed by atoms with Crippen LogP contribution in [-0.2, 0) is 0 Å². The summed E-state index contributed by atoms with van der Waals surface area (Å²) in [5.41, 5.74) is 10.9. The molecule has 1 N–H and O–H groups in total. The lowest BCUT2D eigenvalue weighted by Gasteiger charge is -2.34. The first-order valence-electron chi connectivity index (χ1n) is 20.0. The lowest BCUT2D eigenvalue weighted by Crippen LogP contribution is -2.34. The first kappa shape index (κ1) is 33.9. The third-order valence-electron chi connectivity index (χ3n) is 12.0. The summed E-state index contributed by atoms with van der Waals surface area (Å²) in [6.45, 7) is 2.18. The molecule has 2 unspecified atom stereocenters. The maximum atomic E-state index is 6.52. The van der Waals surface area contributed by atoms with E-state index < -0.39 is 5.60 Å². The van der Waals surface area contributed by atoms with Gasteiger partial charge in [0.2, 0.25) is 0 Å². The normalized spacial score (nSPS) is 16.8. The SMILES string of the molecule is CC12C=CC(N(c3ccc(Nc4ccccc4-c4cc5ccccc5c5ccc6ccccc6c45)cc3)c3ccc(-c4ccccc4)cc3)=CC1c1ccccc1O2. The molecule has 0 spiro atoms. The van der Waals surface area contributed by atoms with Crippen LogP contribution in [0.3, 0.4) is 0 Å². The van der Waals surface area contributed by atoms with Crippen molar-refractivity contribution in [3.05, 3.63) is 224 Å². The van der Waals surface area contributed by atoms with E-state index in [9.17, 15) is 0 Å². The molecule has 0 radical (unpaired) electrons. The molecule has 58 heavy (non-hydrogen) atoms. The summed E-state index contributed by atoms with van der Waals surface area (Å²) >= 11 is 0. The van der Waals surface area contributed by atoms with Crippen LogP contribution in [0, 0.1) is 0 Å². The first-order valence-corrected chi connectivity index (χ1v) is 20.0. The standard InChI is InChI=1S/C55H40N2O/c1-55-34-33-44(36-51(55)49-20-10-12-22-53(49)58-55)57(42-28-23-38(24-29-42)37-13-3-2-4-14-37)43-30-26-41(27-31-43)56-52-21-11-9-19-47(52)50-35-40-16-6-7-17-45(40)48-32-25-39-15-5-8-18-46(39)54(48)50/h2-36,51,56H,1H3. The van der Waals surface area contributed by atoms with Gasteiger partial charge in [0.25, 0.3) is 0 Å². The Bertz CT molecular complexity index is 3070. The molecule has 9 aromatic carbocycles. The zero-order valence-corrected chi connectivity index (χ0v) is 32.1. The molecule has 0 saturated carbocycles. The summed E-state index contributed by atoms with van der Waals surface area (Å²) in [4.78, 5) is 2.36. The summed E-state index contributed by atoms with van der Waals surface area (Å²) in [5, 5.41) is 11.4. The Morgan fingerprint density at radius 1 is 0.534 bits per heavy atom. The average Bonchev–Trinajstić information content (AvgIpc) is 3.59. The maximum absolute atomic E-state index is 6.52. The fraction of sp³-hybridized carbons (Fsp3) is 0.0545. The van der Waals surface area contributed by atoms with Crippen molar-refractivity contribution in [2.75, 3.05) is 10.2 Å². The second kappa shape index (κ2) is 13.7. The largest absolute Gasteiger partial charge is 0.482 e. The van der Waals surface area contributed by atoms with E-state index in [2.05, 4.69) is 229 Å². The molecule has 276 valence electrons. The number of allylic oxidation sites excluding steroid dienone is 1. The molecule has 2 atom stereocenters. The van der Waals surface area contributed by atoms with Crippen LogP contribution in [0.4, 0.5) is 22.7 Å². The van der Waals surface area contributed by atoms with Crippen molar-refractivity contribution >= 4 is 55.1 Å². The van der Waals surface area contributed by atoms with Crippen LogP contribution in [0.25, 0.3) is 54.6 Å². The second-order valence-corrected chi connectivity index (χ2v) is 15.5. The quantitative estimate of drug-likeness (QED) is 0.165. The van der Waals surface area contributed by atoms with Crippen molar-refractivity contribution in [2.45, 2.75) is 18.4 Å². The van der Waals surface area contributed by atoms with Gasteiger partial charge in [-0.2, -0.15) is 0 Å². The molecule has 3 heteroatoms. The molecule has 1 heterocycles. The number of rotatable bonds is 7. The minimum absolute atomic E-state index is 0.0931. The van der Waals surface area contributed by atoms with E-state index in [-0.39, 0.29) is 5.92 Å². The number of fused-ring (bicyclic) bond motifs is 8. The van der Waals surface area contributed by atoms with Crippen molar-refractivity contribution in [1.29, 1.82) is 0 Å². The number of hydrogen-bond donors (Lipinski definition) is 1. The number of hydrogen-bond acceptors (Lipinski definition) is 3. The monoisotopic (exact) mass is 744 g/mol. The van der Waals surface area contributed by atoms with E-state index in [1.54, 1.807) is 0 Å². The van der Waals surface area contributed by atoms with Crippen molar-refractivity contribution in [3.8, 4) is 28.0 Å². The fourth-order valence-electron chi connectivity index (χ4n) is 9.11. The highest BCUT2D eigenvalue weighted by atomic mass is 16.5. The molecule has 1 aliphatic carbocycles. The van der Waals surface area contributed by atoms with Gasteiger partial charge in [0, 0.05) is 39.6 Å². The van der Waals surface area contributed by atoms with Crippen molar-refractivity contribution in [2.24, 2.45) is 0 Å². The molecule has 9 aromatic rings. The Morgan fingerprint density at radius 2 is 1.19 bits per heavy atom. The number of para-hydroxylation sites is 2. The Kier molecular flexibility index (Phi) is 8.01. The molecule has 0 amide bonds. The van der Waals surface area contributed by atoms with Gasteiger partial charge in [-0.1, -0.05) is 140 Å². The molecule has 0 bridgehead atoms. The van der Waals surface area contributed by atoms with Gasteiger partial charge < -0.3 is 15.0 Å². The first-order chi connectivity index (χ1) is 28.6. The van der Waals surface area contributed by atoms with Crippen molar-refractivity contribution in [1.82, 2.24) is 0 Å². The van der Waals surface area contributed by atoms with Crippen LogP contribution in [0.1, 0.15) is 18.4 Å². The van der Waals surface area contributed by atoms with Crippen LogP contribution in [0.15, 0.2) is 218 Å². The van der Waals surface area contributed by atoms with E-state index in [1.807, 2.05) is 0 Å². The van der Waals surface area contributed by atoms with Crippen LogP contribution in [0.5, 0.6) is 5.75 Å². The third kappa shape index (κ3) is 5.74.